The molecule has 25 nitrogen and oxygen atoms in total. The van der Waals surface area contributed by atoms with Crippen LogP contribution < -0.4 is 16.0 Å². The molecule has 1 saturated carbocycles. The summed E-state index contributed by atoms with van der Waals surface area (Å²) in [5, 5.41) is 19.6. The first-order valence-corrected chi connectivity index (χ1v) is 24.6. The summed E-state index contributed by atoms with van der Waals surface area (Å²) in [5.41, 5.74) is 1.35. The number of hydrogen-bond acceptors (Lipinski definition) is 22. The highest BCUT2D eigenvalue weighted by Crippen LogP contribution is 2.38. The average molecular weight is 1070 g/mol. The van der Waals surface area contributed by atoms with Crippen LogP contribution >= 0.6 is 0 Å². The molecule has 3 aliphatic rings. The Morgan fingerprint density at radius 2 is 1.12 bits per heavy atom. The predicted octanol–water partition coefficient (Wildman–Crippen LogP) is 2.34. The number of carbonyl (C=O) groups excluding carboxylic acids is 9. The Labute approximate surface area is 438 Å². The maximum atomic E-state index is 14.0. The van der Waals surface area contributed by atoms with Crippen molar-refractivity contribution in [3.05, 3.63) is 71.8 Å². The lowest BCUT2D eigenvalue weighted by molar-refractivity contribution is -0.291. The molecule has 0 radical (unpaired) electrons. The molecule has 15 atom stereocenters. The first-order valence-electron chi connectivity index (χ1n) is 24.6. The van der Waals surface area contributed by atoms with Crippen molar-refractivity contribution < 1.29 is 105 Å². The number of ether oxygens (including phenoxy) is 12. The van der Waals surface area contributed by atoms with Crippen LogP contribution in [0.5, 0.6) is 0 Å². The second-order valence-electron chi connectivity index (χ2n) is 18.2. The van der Waals surface area contributed by atoms with Gasteiger partial charge in [0, 0.05) is 54.5 Å². The third-order valence-electron chi connectivity index (χ3n) is 12.1. The molecule has 2 heterocycles. The van der Waals surface area contributed by atoms with Crippen molar-refractivity contribution in [1.29, 1.82) is 0 Å². The van der Waals surface area contributed by atoms with E-state index in [0.717, 1.165) is 47.1 Å². The maximum Gasteiger partial charge on any atom is 0.407 e. The van der Waals surface area contributed by atoms with Crippen molar-refractivity contribution >= 4 is 53.9 Å². The van der Waals surface area contributed by atoms with E-state index in [9.17, 15) is 48.3 Å². The van der Waals surface area contributed by atoms with Gasteiger partial charge in [-0.1, -0.05) is 74.5 Å². The zero-order chi connectivity index (χ0) is 55.6. The summed E-state index contributed by atoms with van der Waals surface area (Å²) in [6.07, 6.45) is -20.1. The molecule has 2 saturated heterocycles. The lowest BCUT2D eigenvalue weighted by Crippen LogP contribution is -2.67. The fourth-order valence-electron chi connectivity index (χ4n) is 8.85. The molecule has 4 N–H and O–H groups in total. The second kappa shape index (κ2) is 28.8. The van der Waals surface area contributed by atoms with Crippen LogP contribution in [0.2, 0.25) is 0 Å². The number of rotatable bonds is 22. The van der Waals surface area contributed by atoms with E-state index in [0.29, 0.717) is 5.56 Å². The molecule has 5 rings (SSSR count). The summed E-state index contributed by atoms with van der Waals surface area (Å²) in [6, 6.07) is 14.8. The van der Waals surface area contributed by atoms with E-state index in [2.05, 4.69) is 16.0 Å². The van der Waals surface area contributed by atoms with Crippen LogP contribution in [0.25, 0.3) is 0 Å². The highest BCUT2D eigenvalue weighted by atomic mass is 16.8. The van der Waals surface area contributed by atoms with Crippen LogP contribution in [0.4, 0.5) is 9.59 Å². The second-order valence-corrected chi connectivity index (χ2v) is 18.2. The number of esters is 6. The van der Waals surface area contributed by atoms with Gasteiger partial charge in [-0.25, -0.2) is 9.59 Å². The number of nitrogens with one attached hydrogen (secondary N) is 3. The lowest BCUT2D eigenvalue weighted by atomic mass is 9.80. The van der Waals surface area contributed by atoms with Crippen molar-refractivity contribution in [1.82, 2.24) is 16.0 Å². The zero-order valence-electron chi connectivity index (χ0n) is 43.4. The largest absolute Gasteiger partial charge is 0.463 e. The van der Waals surface area contributed by atoms with Crippen molar-refractivity contribution in [3.63, 3.8) is 0 Å². The Kier molecular flexibility index (Phi) is 22.7. The van der Waals surface area contributed by atoms with Crippen LogP contribution in [0, 0.1) is 5.92 Å². The number of amides is 3. The van der Waals surface area contributed by atoms with Crippen LogP contribution in [0.1, 0.15) is 85.8 Å². The fourth-order valence-corrected chi connectivity index (χ4v) is 8.85. The molecule has 2 aromatic rings. The van der Waals surface area contributed by atoms with E-state index in [1.54, 1.807) is 74.5 Å². The van der Waals surface area contributed by atoms with Crippen LogP contribution in [-0.4, -0.2) is 158 Å². The van der Waals surface area contributed by atoms with Crippen molar-refractivity contribution in [2.75, 3.05) is 13.2 Å². The maximum absolute atomic E-state index is 14.0. The van der Waals surface area contributed by atoms with Gasteiger partial charge in [0.1, 0.15) is 50.3 Å². The predicted molar refractivity (Wildman–Crippen MR) is 256 cm³/mol. The third kappa shape index (κ3) is 17.9. The Hall–Kier alpha value is -6.93. The zero-order valence-corrected chi connectivity index (χ0v) is 43.4. The number of aliphatic hydroxyl groups excluding tert-OH is 1. The van der Waals surface area contributed by atoms with Crippen molar-refractivity contribution in [2.24, 2.45) is 5.92 Å². The van der Waals surface area contributed by atoms with E-state index in [1.807, 2.05) is 0 Å². The molecule has 3 fully saturated rings. The summed E-state index contributed by atoms with van der Waals surface area (Å²) in [5.74, 6) is -6.61. The number of hydrogen-bond donors (Lipinski definition) is 4. The Morgan fingerprint density at radius 1 is 0.592 bits per heavy atom. The van der Waals surface area contributed by atoms with Gasteiger partial charge in [-0.15, -0.1) is 0 Å². The van der Waals surface area contributed by atoms with E-state index in [-0.39, 0.29) is 39.0 Å². The Bertz CT molecular complexity index is 2310. The molecule has 0 aromatic heterocycles. The third-order valence-corrected chi connectivity index (χ3v) is 12.1. The number of benzene rings is 2. The molecule has 76 heavy (non-hydrogen) atoms. The fraction of sp³-hybridized carbons (Fsp3) is 0.588. The molecule has 2 aromatic carbocycles. The summed E-state index contributed by atoms with van der Waals surface area (Å²) in [4.78, 5) is 115. The van der Waals surface area contributed by atoms with E-state index in [1.165, 1.54) is 0 Å². The van der Waals surface area contributed by atoms with Gasteiger partial charge in [0.2, 0.25) is 0 Å². The standard InChI is InChI=1S/C51H67N3O22/c1-9-36-42(70-30(6)58)44(71-31(7)59)39(54-51(64)67-24-34-18-14-11-15-19-34)48(73-36)75-43-38(25-65-27(3)55)74-49(46(43)72-32(8)60)76-45-40(61)26(2)22-35(41(45)69-29(5)57)53-47(62)37(68-28(4)56)20-21-52-50(63)66-23-33-16-12-10-13-17-33/h10-19,26,35-46,48-49,61H,9,20-25H2,1-8H3,(H,52,63)(H,53,62)(H,54,64). The molecule has 1 aliphatic carbocycles. The van der Waals surface area contributed by atoms with Gasteiger partial charge in [0.25, 0.3) is 5.91 Å². The number of aliphatic hydroxyl groups is 1. The van der Waals surface area contributed by atoms with Gasteiger partial charge in [0.15, 0.2) is 43.1 Å². The van der Waals surface area contributed by atoms with Gasteiger partial charge in [-0.05, 0) is 29.9 Å². The van der Waals surface area contributed by atoms with E-state index in [4.69, 9.17) is 56.8 Å². The molecular formula is C51H67N3O22. The lowest BCUT2D eigenvalue weighted by Gasteiger charge is -2.46. The minimum absolute atomic E-state index is 0.0289. The topological polar surface area (TPSA) is 321 Å². The van der Waals surface area contributed by atoms with Gasteiger partial charge >= 0.3 is 48.0 Å². The summed E-state index contributed by atoms with van der Waals surface area (Å²) in [6.45, 7) is 8.81. The normalized spacial score (nSPS) is 28.2. The molecule has 3 amide bonds. The first kappa shape index (κ1) is 59.9. The molecule has 418 valence electrons. The highest BCUT2D eigenvalue weighted by Gasteiger charge is 2.58. The van der Waals surface area contributed by atoms with Crippen LogP contribution in [0.15, 0.2) is 60.7 Å². The smallest absolute Gasteiger partial charge is 0.407 e. The summed E-state index contributed by atoms with van der Waals surface area (Å²) >= 11 is 0. The van der Waals surface area contributed by atoms with Crippen LogP contribution in [0.3, 0.4) is 0 Å². The van der Waals surface area contributed by atoms with E-state index < -0.39 is 152 Å². The molecule has 0 spiro atoms. The van der Waals surface area contributed by atoms with Gasteiger partial charge in [-0.2, -0.15) is 0 Å². The summed E-state index contributed by atoms with van der Waals surface area (Å²) in [7, 11) is 0. The molecule has 25 heteroatoms. The number of carbonyl (C=O) groups is 9. The monoisotopic (exact) mass is 1070 g/mol. The molecule has 2 aliphatic heterocycles. The molecule has 0 bridgehead atoms. The average Bonchev–Trinajstić information content (AvgIpc) is 3.67. The van der Waals surface area contributed by atoms with Gasteiger partial charge in [-0.3, -0.25) is 33.6 Å². The molecular weight excluding hydrogens is 1010 g/mol. The minimum Gasteiger partial charge on any atom is -0.463 e. The quantitative estimate of drug-likeness (QED) is 0.0971. The Balaban J connectivity index is 1.44. The first-order chi connectivity index (χ1) is 36.1. The van der Waals surface area contributed by atoms with E-state index >= 15 is 0 Å². The number of alkyl carbamates (subject to hydrolysis) is 2. The van der Waals surface area contributed by atoms with Crippen LogP contribution in [-0.2, 0) is 104 Å². The summed E-state index contributed by atoms with van der Waals surface area (Å²) < 4.78 is 69.9. The Morgan fingerprint density at radius 3 is 1.67 bits per heavy atom. The molecule has 15 unspecified atom stereocenters. The minimum atomic E-state index is -1.76. The van der Waals surface area contributed by atoms with Crippen molar-refractivity contribution in [3.8, 4) is 0 Å². The van der Waals surface area contributed by atoms with Gasteiger partial charge < -0.3 is 77.9 Å². The van der Waals surface area contributed by atoms with Gasteiger partial charge in [0.05, 0.1) is 12.1 Å². The van der Waals surface area contributed by atoms with Crippen molar-refractivity contribution in [2.45, 2.75) is 174 Å². The SMILES string of the molecule is CCC1OC(OC2C(COC(C)=O)OC(OC3C(O)C(C)CC(NC(=O)C(CCNC(=O)OCc4ccccc4)OC(C)=O)C3OC(C)=O)C2OC(C)=O)C(NC(=O)OCc2ccccc2)C(OC(C)=O)C1OC(C)=O. The highest BCUT2D eigenvalue weighted by molar-refractivity contribution is 5.84.